The summed E-state index contributed by atoms with van der Waals surface area (Å²) in [6.07, 6.45) is 0. The third kappa shape index (κ3) is 4.17. The Hall–Kier alpha value is -2.87. The van der Waals surface area contributed by atoms with Gasteiger partial charge in [-0.2, -0.15) is 0 Å². The van der Waals surface area contributed by atoms with E-state index >= 15 is 0 Å². The molecule has 0 fully saturated rings. The molecule has 31 heavy (non-hydrogen) atoms. The van der Waals surface area contributed by atoms with Crippen LogP contribution in [0.3, 0.4) is 0 Å². The maximum absolute atomic E-state index is 13.7. The summed E-state index contributed by atoms with van der Waals surface area (Å²) in [6, 6.07) is 8.32. The van der Waals surface area contributed by atoms with Crippen molar-refractivity contribution in [3.05, 3.63) is 58.2 Å². The summed E-state index contributed by atoms with van der Waals surface area (Å²) in [7, 11) is 0. The van der Waals surface area contributed by atoms with E-state index in [1.807, 2.05) is 56.5 Å². The zero-order valence-electron chi connectivity index (χ0n) is 18.5. The summed E-state index contributed by atoms with van der Waals surface area (Å²) in [5.41, 5.74) is 1.40. The van der Waals surface area contributed by atoms with Crippen LogP contribution in [0.1, 0.15) is 39.0 Å². The normalized spacial score (nSPS) is 23.1. The smallest absolute Gasteiger partial charge is 0.337 e. The van der Waals surface area contributed by atoms with Gasteiger partial charge in [0.1, 0.15) is 5.41 Å². The number of aromatic nitrogens is 1. The van der Waals surface area contributed by atoms with Crippen LogP contribution in [0.15, 0.2) is 47.0 Å². The highest BCUT2D eigenvalue weighted by molar-refractivity contribution is 7.13. The third-order valence-electron chi connectivity index (χ3n) is 5.51. The number of thiazole rings is 1. The fourth-order valence-electron chi connectivity index (χ4n) is 4.21. The minimum absolute atomic E-state index is 0.223. The van der Waals surface area contributed by atoms with Crippen molar-refractivity contribution in [2.24, 2.45) is 0 Å². The van der Waals surface area contributed by atoms with Crippen LogP contribution in [0, 0.1) is 6.92 Å². The third-order valence-corrected chi connectivity index (χ3v) is 6.40. The first-order chi connectivity index (χ1) is 14.9. The van der Waals surface area contributed by atoms with Crippen molar-refractivity contribution in [2.75, 3.05) is 18.5 Å². The number of anilines is 1. The Morgan fingerprint density at radius 2 is 1.84 bits per heavy atom. The number of benzene rings is 1. The Morgan fingerprint density at radius 3 is 2.42 bits per heavy atom. The van der Waals surface area contributed by atoms with Gasteiger partial charge in [0, 0.05) is 17.1 Å². The Kier molecular flexibility index (Phi) is 7.00. The van der Waals surface area contributed by atoms with Gasteiger partial charge in [0.25, 0.3) is 0 Å². The van der Waals surface area contributed by atoms with Crippen molar-refractivity contribution in [3.63, 3.8) is 0 Å². The molecule has 8 heteroatoms. The molecule has 3 atom stereocenters. The largest absolute Gasteiger partial charge is 0.465 e. The summed E-state index contributed by atoms with van der Waals surface area (Å²) in [5, 5.41) is 9.27. The molecule has 7 nitrogen and oxygen atoms in total. The van der Waals surface area contributed by atoms with Crippen LogP contribution >= 0.6 is 11.3 Å². The molecule has 1 aromatic carbocycles. The number of hydrogen-bond donors (Lipinski definition) is 2. The fourth-order valence-corrected chi connectivity index (χ4v) is 4.93. The van der Waals surface area contributed by atoms with E-state index in [4.69, 9.17) is 9.47 Å². The van der Waals surface area contributed by atoms with Gasteiger partial charge in [-0.1, -0.05) is 30.3 Å². The monoisotopic (exact) mass is 443 g/mol. The average molecular weight is 444 g/mol. The van der Waals surface area contributed by atoms with E-state index in [1.165, 1.54) is 11.3 Å². The first kappa shape index (κ1) is 22.8. The van der Waals surface area contributed by atoms with Crippen LogP contribution in [0.2, 0.25) is 0 Å². The van der Waals surface area contributed by atoms with Crippen molar-refractivity contribution in [1.82, 2.24) is 10.3 Å². The molecular weight excluding hydrogens is 414 g/mol. The lowest BCUT2D eigenvalue weighted by atomic mass is 9.64. The molecule has 3 unspecified atom stereocenters. The van der Waals surface area contributed by atoms with Crippen LogP contribution in [0.4, 0.5) is 5.13 Å². The van der Waals surface area contributed by atoms with E-state index in [2.05, 4.69) is 15.6 Å². The van der Waals surface area contributed by atoms with Gasteiger partial charge in [-0.25, -0.2) is 9.78 Å². The molecule has 0 saturated heterocycles. The highest BCUT2D eigenvalue weighted by atomic mass is 32.1. The fraction of sp³-hybridized carbons (Fsp3) is 0.435. The van der Waals surface area contributed by atoms with E-state index in [-0.39, 0.29) is 19.3 Å². The molecular formula is C23H29N3O4S. The SMILES string of the molecule is CCOC(=O)C1=C(C)NC(C)C(C(=O)OCC)(c2ccccc2)C1Nc1nc(C)cs1. The first-order valence-electron chi connectivity index (χ1n) is 10.4. The zero-order chi connectivity index (χ0) is 22.6. The van der Waals surface area contributed by atoms with Crippen LogP contribution in [0.25, 0.3) is 0 Å². The van der Waals surface area contributed by atoms with Gasteiger partial charge in [0.05, 0.1) is 30.5 Å². The predicted molar refractivity (Wildman–Crippen MR) is 121 cm³/mol. The summed E-state index contributed by atoms with van der Waals surface area (Å²) in [5.74, 6) is -0.893. The highest BCUT2D eigenvalue weighted by Crippen LogP contribution is 2.42. The molecule has 2 N–H and O–H groups in total. The van der Waals surface area contributed by atoms with Gasteiger partial charge in [0.15, 0.2) is 5.13 Å². The molecule has 0 amide bonds. The number of nitrogens with zero attached hydrogens (tertiary/aromatic N) is 1. The summed E-state index contributed by atoms with van der Waals surface area (Å²) >= 11 is 1.42. The van der Waals surface area contributed by atoms with Gasteiger partial charge in [-0.05, 0) is 40.2 Å². The number of rotatable bonds is 7. The van der Waals surface area contributed by atoms with Crippen LogP contribution in [-0.4, -0.2) is 42.2 Å². The van der Waals surface area contributed by atoms with Gasteiger partial charge in [-0.3, -0.25) is 4.79 Å². The van der Waals surface area contributed by atoms with Gasteiger partial charge >= 0.3 is 11.9 Å². The molecule has 166 valence electrons. The maximum Gasteiger partial charge on any atom is 0.337 e. The second kappa shape index (κ2) is 9.51. The van der Waals surface area contributed by atoms with Crippen molar-refractivity contribution in [2.45, 2.75) is 52.1 Å². The van der Waals surface area contributed by atoms with Gasteiger partial charge in [-0.15, -0.1) is 11.3 Å². The van der Waals surface area contributed by atoms with Crippen molar-refractivity contribution in [3.8, 4) is 0 Å². The molecule has 3 rings (SSSR count). The lowest BCUT2D eigenvalue weighted by Crippen LogP contribution is -2.66. The number of allylic oxidation sites excluding steroid dienone is 1. The van der Waals surface area contributed by atoms with Crippen LogP contribution in [0.5, 0.6) is 0 Å². The number of esters is 2. The second-order valence-corrected chi connectivity index (χ2v) is 8.31. The Bertz CT molecular complexity index is 972. The highest BCUT2D eigenvalue weighted by Gasteiger charge is 2.58. The van der Waals surface area contributed by atoms with Crippen molar-refractivity contribution >= 4 is 28.4 Å². The predicted octanol–water partition coefficient (Wildman–Crippen LogP) is 3.56. The quantitative estimate of drug-likeness (QED) is 0.633. The lowest BCUT2D eigenvalue weighted by molar-refractivity contribution is -0.152. The van der Waals surface area contributed by atoms with Crippen molar-refractivity contribution in [1.29, 1.82) is 0 Å². The van der Waals surface area contributed by atoms with E-state index in [9.17, 15) is 9.59 Å². The Morgan fingerprint density at radius 1 is 1.16 bits per heavy atom. The molecule has 0 aliphatic carbocycles. The van der Waals surface area contributed by atoms with Crippen molar-refractivity contribution < 1.29 is 19.1 Å². The molecule has 0 saturated carbocycles. The Balaban J connectivity index is 2.28. The van der Waals surface area contributed by atoms with E-state index in [0.29, 0.717) is 16.4 Å². The number of hydrogen-bond acceptors (Lipinski definition) is 8. The van der Waals surface area contributed by atoms with Gasteiger partial charge in [0.2, 0.25) is 0 Å². The molecule has 1 aliphatic heterocycles. The molecule has 2 heterocycles. The molecule has 0 spiro atoms. The first-order valence-corrected chi connectivity index (χ1v) is 11.3. The topological polar surface area (TPSA) is 89.5 Å². The zero-order valence-corrected chi connectivity index (χ0v) is 19.3. The average Bonchev–Trinajstić information content (AvgIpc) is 3.14. The lowest BCUT2D eigenvalue weighted by Gasteiger charge is -2.48. The maximum atomic E-state index is 13.7. The molecule has 0 radical (unpaired) electrons. The van der Waals surface area contributed by atoms with E-state index in [1.54, 1.807) is 13.8 Å². The van der Waals surface area contributed by atoms with Crippen LogP contribution in [-0.2, 0) is 24.5 Å². The second-order valence-electron chi connectivity index (χ2n) is 7.45. The Labute approximate surface area is 186 Å². The number of nitrogens with one attached hydrogen (secondary N) is 2. The van der Waals surface area contributed by atoms with Crippen LogP contribution < -0.4 is 10.6 Å². The summed E-state index contributed by atoms with van der Waals surface area (Å²) in [4.78, 5) is 31.3. The van der Waals surface area contributed by atoms with E-state index in [0.717, 1.165) is 11.3 Å². The molecule has 1 aromatic heterocycles. The molecule has 0 bridgehead atoms. The molecule has 2 aromatic rings. The van der Waals surface area contributed by atoms with E-state index < -0.39 is 23.4 Å². The molecule has 1 aliphatic rings. The number of carbonyl (C=O) groups is 2. The number of aryl methyl sites for hydroxylation is 1. The minimum Gasteiger partial charge on any atom is -0.465 e. The summed E-state index contributed by atoms with van der Waals surface area (Å²) < 4.78 is 11.0. The summed E-state index contributed by atoms with van der Waals surface area (Å²) in [6.45, 7) is 9.64. The minimum atomic E-state index is -1.22. The number of carbonyl (C=O) groups excluding carboxylic acids is 2. The van der Waals surface area contributed by atoms with Gasteiger partial charge < -0.3 is 20.1 Å². The standard InChI is InChI=1S/C23H29N3O4S/c1-6-29-20(27)18-15(4)25-16(5)23(21(28)30-7-2,17-11-9-8-10-12-17)19(18)26-22-24-14(3)13-31-22/h8-13,16,19,25H,6-7H2,1-5H3,(H,24,26). The number of ether oxygens (including phenoxy) is 2.